The monoisotopic (exact) mass is 667 g/mol. The summed E-state index contributed by atoms with van der Waals surface area (Å²) in [4.78, 5) is 15.0. The van der Waals surface area contributed by atoms with Gasteiger partial charge in [-0.1, -0.05) is 19.8 Å². The number of ether oxygens (including phenoxy) is 1. The number of likely N-dealkylation sites (tertiary alicyclic amines) is 3. The zero-order valence-corrected chi connectivity index (χ0v) is 34.1. The first kappa shape index (κ1) is 44.7. The van der Waals surface area contributed by atoms with Crippen molar-refractivity contribution in [2.24, 2.45) is 5.92 Å². The molecule has 0 aromatic rings. The third kappa shape index (κ3) is 21.5. The molecule has 5 aliphatic rings. The van der Waals surface area contributed by atoms with Crippen LogP contribution in [0.5, 0.6) is 0 Å². The zero-order valence-electron chi connectivity index (χ0n) is 34.1. The maximum Gasteiger partial charge on any atom is 0.0594 e. The summed E-state index contributed by atoms with van der Waals surface area (Å²) in [6, 6.07) is 3.71. The fraction of sp³-hybridized carbons (Fsp3) is 1.00. The van der Waals surface area contributed by atoms with Crippen molar-refractivity contribution in [2.75, 3.05) is 98.8 Å². The average Bonchev–Trinajstić information content (AvgIpc) is 3.46. The Hall–Kier alpha value is -0.280. The predicted octanol–water partition coefficient (Wildman–Crippen LogP) is 7.26. The highest BCUT2D eigenvalue weighted by atomic mass is 16.5. The van der Waals surface area contributed by atoms with E-state index in [2.05, 4.69) is 113 Å². The quantitative estimate of drug-likeness (QED) is 0.305. The van der Waals surface area contributed by atoms with E-state index in [9.17, 15) is 0 Å². The number of nitrogens with zero attached hydrogens (tertiary/aromatic N) is 6. The minimum atomic E-state index is 0.689. The number of likely N-dealkylation sites (N-methyl/N-ethyl adjacent to an activating group) is 1. The standard InChI is InChI=1S/2C9H19N.C8H18N2.C7H15NO.C7H15N/c1-8(2)10-6-4-9(3)5-7-10;1-9(2)10-7-5-3-4-6-8-10;1-8(2)10-6-4-9(3)5-7-10;1-7(2)8-3-5-9-6-4-8;1-7(2)8-5-3-4-6-8/h8-9H,4-7H2,1-3H3;9H,3-8H2,1-2H3;8H,4-7H2,1-3H3;7H,3-6H2,1-2H3;7H,3-6H2,1-2H3. The average molecular weight is 667 g/mol. The highest BCUT2D eigenvalue weighted by molar-refractivity contribution is 4.73. The normalized spacial score (nSPS) is 23.4. The molecule has 0 bridgehead atoms. The molecular formula is C40H86N6O. The summed E-state index contributed by atoms with van der Waals surface area (Å²) in [5, 5.41) is 0. The van der Waals surface area contributed by atoms with Crippen molar-refractivity contribution in [2.45, 2.75) is 158 Å². The fourth-order valence-electron chi connectivity index (χ4n) is 6.85. The van der Waals surface area contributed by atoms with Crippen LogP contribution < -0.4 is 0 Å². The highest BCUT2D eigenvalue weighted by Crippen LogP contribution is 2.17. The van der Waals surface area contributed by atoms with Gasteiger partial charge in [-0.25, -0.2) is 0 Å². The van der Waals surface area contributed by atoms with Gasteiger partial charge in [0, 0.05) is 69.5 Å². The maximum atomic E-state index is 5.21. The van der Waals surface area contributed by atoms with Gasteiger partial charge in [-0.2, -0.15) is 0 Å². The van der Waals surface area contributed by atoms with Crippen LogP contribution in [0.4, 0.5) is 0 Å². The summed E-state index contributed by atoms with van der Waals surface area (Å²) in [5.74, 6) is 0.968. The van der Waals surface area contributed by atoms with E-state index in [1.165, 1.54) is 117 Å². The lowest BCUT2D eigenvalue weighted by Gasteiger charge is -2.34. The van der Waals surface area contributed by atoms with Crippen molar-refractivity contribution in [3.05, 3.63) is 0 Å². The predicted molar refractivity (Wildman–Crippen MR) is 208 cm³/mol. The third-order valence-electron chi connectivity index (χ3n) is 10.8. The van der Waals surface area contributed by atoms with Crippen LogP contribution in [0, 0.1) is 5.92 Å². The second kappa shape index (κ2) is 26.5. The minimum absolute atomic E-state index is 0.689. The highest BCUT2D eigenvalue weighted by Gasteiger charge is 2.18. The molecule has 5 fully saturated rings. The molecule has 5 rings (SSSR count). The summed E-state index contributed by atoms with van der Waals surface area (Å²) in [5.41, 5.74) is 0. The van der Waals surface area contributed by atoms with Crippen LogP contribution in [0.15, 0.2) is 0 Å². The van der Waals surface area contributed by atoms with Crippen molar-refractivity contribution < 1.29 is 4.74 Å². The topological polar surface area (TPSA) is 28.7 Å². The molecule has 282 valence electrons. The molecule has 0 atom stereocenters. The molecule has 0 spiro atoms. The van der Waals surface area contributed by atoms with E-state index in [4.69, 9.17) is 4.74 Å². The Bertz CT molecular complexity index is 655. The lowest BCUT2D eigenvalue weighted by Crippen LogP contribution is -2.47. The van der Waals surface area contributed by atoms with Gasteiger partial charge < -0.3 is 24.3 Å². The van der Waals surface area contributed by atoms with Gasteiger partial charge in [0.2, 0.25) is 0 Å². The minimum Gasteiger partial charge on any atom is -0.379 e. The van der Waals surface area contributed by atoms with E-state index in [0.717, 1.165) is 56.4 Å². The van der Waals surface area contributed by atoms with E-state index in [1.807, 2.05) is 0 Å². The molecule has 5 heterocycles. The van der Waals surface area contributed by atoms with Gasteiger partial charge in [-0.15, -0.1) is 0 Å². The number of piperidine rings is 1. The molecule has 0 aromatic heterocycles. The van der Waals surface area contributed by atoms with E-state index in [1.54, 1.807) is 0 Å². The van der Waals surface area contributed by atoms with E-state index >= 15 is 0 Å². The van der Waals surface area contributed by atoms with E-state index in [0.29, 0.717) is 6.04 Å². The van der Waals surface area contributed by atoms with Gasteiger partial charge in [0.1, 0.15) is 0 Å². The van der Waals surface area contributed by atoms with Crippen LogP contribution >= 0.6 is 0 Å². The summed E-state index contributed by atoms with van der Waals surface area (Å²) in [7, 11) is 2.19. The van der Waals surface area contributed by atoms with Gasteiger partial charge >= 0.3 is 0 Å². The third-order valence-corrected chi connectivity index (χ3v) is 10.8. The van der Waals surface area contributed by atoms with Gasteiger partial charge in [0.05, 0.1) is 13.2 Å². The van der Waals surface area contributed by atoms with Gasteiger partial charge in [-0.05, 0) is 160 Å². The summed E-state index contributed by atoms with van der Waals surface area (Å²) >= 11 is 0. The van der Waals surface area contributed by atoms with Crippen molar-refractivity contribution in [3.8, 4) is 0 Å². The largest absolute Gasteiger partial charge is 0.379 e. The number of hydrogen-bond donors (Lipinski definition) is 0. The van der Waals surface area contributed by atoms with Gasteiger partial charge in [0.25, 0.3) is 0 Å². The summed E-state index contributed by atoms with van der Waals surface area (Å²) in [6.07, 6.45) is 11.4. The molecule has 0 amide bonds. The molecule has 0 N–H and O–H groups in total. The Kier molecular flexibility index (Phi) is 25.2. The Labute approximate surface area is 296 Å². The number of hydrogen-bond acceptors (Lipinski definition) is 7. The van der Waals surface area contributed by atoms with Crippen LogP contribution in [0.3, 0.4) is 0 Å². The van der Waals surface area contributed by atoms with Crippen LogP contribution in [0.25, 0.3) is 0 Å². The van der Waals surface area contributed by atoms with Gasteiger partial charge in [0.15, 0.2) is 0 Å². The first-order chi connectivity index (χ1) is 22.3. The molecule has 7 heteroatoms. The molecule has 5 saturated heterocycles. The molecule has 5 aliphatic heterocycles. The maximum absolute atomic E-state index is 5.21. The smallest absolute Gasteiger partial charge is 0.0594 e. The molecule has 7 nitrogen and oxygen atoms in total. The van der Waals surface area contributed by atoms with E-state index in [-0.39, 0.29) is 0 Å². The lowest BCUT2D eigenvalue weighted by molar-refractivity contribution is 0.0238. The molecule has 47 heavy (non-hydrogen) atoms. The van der Waals surface area contributed by atoms with E-state index < -0.39 is 0 Å². The number of piperazine rings is 1. The molecule has 0 aliphatic carbocycles. The molecular weight excluding hydrogens is 580 g/mol. The molecule has 0 radical (unpaired) electrons. The van der Waals surface area contributed by atoms with Gasteiger partial charge in [-0.3, -0.25) is 9.80 Å². The molecule has 0 unspecified atom stereocenters. The van der Waals surface area contributed by atoms with Crippen LogP contribution in [-0.4, -0.2) is 158 Å². The van der Waals surface area contributed by atoms with Crippen LogP contribution in [-0.2, 0) is 4.74 Å². The zero-order chi connectivity index (χ0) is 35.2. The van der Waals surface area contributed by atoms with Crippen molar-refractivity contribution in [1.82, 2.24) is 29.4 Å². The molecule has 0 saturated carbocycles. The fourth-order valence-corrected chi connectivity index (χ4v) is 6.85. The number of rotatable bonds is 5. The Morgan fingerprint density at radius 3 is 1.02 bits per heavy atom. The number of morpholine rings is 1. The van der Waals surface area contributed by atoms with Crippen LogP contribution in [0.1, 0.15) is 128 Å². The summed E-state index contributed by atoms with van der Waals surface area (Å²) in [6.45, 7) is 42.0. The Morgan fingerprint density at radius 2 is 0.681 bits per heavy atom. The SMILES string of the molecule is CC(C)N1CCCC1.CC(C)N1CCCCCC1.CC(C)N1CCN(C)CC1.CC(C)N1CCOCC1.CC1CCN(C(C)C)CC1. The van der Waals surface area contributed by atoms with Crippen molar-refractivity contribution in [3.63, 3.8) is 0 Å². The Morgan fingerprint density at radius 1 is 0.383 bits per heavy atom. The first-order valence-corrected chi connectivity index (χ1v) is 20.3. The van der Waals surface area contributed by atoms with Crippen molar-refractivity contribution >= 4 is 0 Å². The summed E-state index contributed by atoms with van der Waals surface area (Å²) < 4.78 is 5.21. The molecule has 0 aromatic carbocycles. The van der Waals surface area contributed by atoms with Crippen molar-refractivity contribution in [1.29, 1.82) is 0 Å². The first-order valence-electron chi connectivity index (χ1n) is 20.3. The second-order valence-corrected chi connectivity index (χ2v) is 16.4. The Balaban J connectivity index is 0.000000294. The lowest BCUT2D eigenvalue weighted by atomic mass is 9.98. The second-order valence-electron chi connectivity index (χ2n) is 16.4. The van der Waals surface area contributed by atoms with Crippen LogP contribution in [0.2, 0.25) is 0 Å².